The van der Waals surface area contributed by atoms with E-state index in [2.05, 4.69) is 34.3 Å². The number of carbonyl (C=O) groups excluding carboxylic acids is 2. The van der Waals surface area contributed by atoms with E-state index in [4.69, 9.17) is 4.74 Å². The van der Waals surface area contributed by atoms with Gasteiger partial charge in [0.25, 0.3) is 5.91 Å². The second kappa shape index (κ2) is 9.50. The number of esters is 1. The molecular weight excluding hydrogens is 366 g/mol. The van der Waals surface area contributed by atoms with Gasteiger partial charge in [-0.05, 0) is 36.8 Å². The molecule has 0 saturated heterocycles. The molecule has 0 aliphatic carbocycles. The highest BCUT2D eigenvalue weighted by molar-refractivity contribution is 6.07. The molecule has 3 rings (SSSR count). The second-order valence-electron chi connectivity index (χ2n) is 6.39. The van der Waals surface area contributed by atoms with Crippen molar-refractivity contribution >= 4 is 23.3 Å². The van der Waals surface area contributed by atoms with Crippen LogP contribution in [0.5, 0.6) is 0 Å². The van der Waals surface area contributed by atoms with Crippen LogP contribution in [0.3, 0.4) is 0 Å². The Morgan fingerprint density at radius 2 is 1.72 bits per heavy atom. The summed E-state index contributed by atoms with van der Waals surface area (Å²) >= 11 is 0. The quantitative estimate of drug-likeness (QED) is 0.615. The maximum absolute atomic E-state index is 12.6. The first-order valence-electron chi connectivity index (χ1n) is 9.36. The molecule has 0 fully saturated rings. The van der Waals surface area contributed by atoms with E-state index < -0.39 is 5.97 Å². The van der Waals surface area contributed by atoms with Gasteiger partial charge in [-0.15, -0.1) is 0 Å². The molecule has 0 aliphatic rings. The van der Waals surface area contributed by atoms with Crippen LogP contribution in [0.15, 0.2) is 72.9 Å². The summed E-state index contributed by atoms with van der Waals surface area (Å²) in [6, 6.07) is 20.4. The van der Waals surface area contributed by atoms with E-state index in [1.165, 1.54) is 12.7 Å². The largest absolute Gasteiger partial charge is 0.465 e. The maximum Gasteiger partial charge on any atom is 0.339 e. The summed E-state index contributed by atoms with van der Waals surface area (Å²) in [5.74, 6) is -0.900. The Morgan fingerprint density at radius 3 is 2.38 bits per heavy atom. The number of anilines is 2. The van der Waals surface area contributed by atoms with Crippen molar-refractivity contribution in [3.05, 3.63) is 89.7 Å². The Kier molecular flexibility index (Phi) is 6.58. The molecule has 0 bridgehead atoms. The smallest absolute Gasteiger partial charge is 0.339 e. The highest BCUT2D eigenvalue weighted by Gasteiger charge is 2.15. The van der Waals surface area contributed by atoms with Crippen molar-refractivity contribution < 1.29 is 14.3 Å². The molecule has 29 heavy (non-hydrogen) atoms. The average Bonchev–Trinajstić information content (AvgIpc) is 2.78. The van der Waals surface area contributed by atoms with Gasteiger partial charge in [0, 0.05) is 13.1 Å². The van der Waals surface area contributed by atoms with Crippen LogP contribution >= 0.6 is 0 Å². The number of rotatable bonds is 7. The average molecular weight is 389 g/mol. The highest BCUT2D eigenvalue weighted by Crippen LogP contribution is 2.19. The summed E-state index contributed by atoms with van der Waals surface area (Å²) in [6.45, 7) is 3.65. The molecule has 6 heteroatoms. The molecular formula is C23H23N3O3. The molecule has 0 radical (unpaired) electrons. The third-order valence-electron chi connectivity index (χ3n) is 4.52. The molecule has 1 amide bonds. The van der Waals surface area contributed by atoms with Crippen LogP contribution in [0.1, 0.15) is 33.3 Å². The lowest BCUT2D eigenvalue weighted by Gasteiger charge is -2.23. The van der Waals surface area contributed by atoms with Crippen LogP contribution in [-0.2, 0) is 11.3 Å². The molecule has 148 valence electrons. The first kappa shape index (κ1) is 20.1. The Labute approximate surface area is 170 Å². The summed E-state index contributed by atoms with van der Waals surface area (Å²) < 4.78 is 4.76. The maximum atomic E-state index is 12.6. The fourth-order valence-corrected chi connectivity index (χ4v) is 2.96. The van der Waals surface area contributed by atoms with Crippen molar-refractivity contribution in [3.8, 4) is 0 Å². The molecule has 6 nitrogen and oxygen atoms in total. The molecule has 3 aromatic rings. The van der Waals surface area contributed by atoms with Gasteiger partial charge >= 0.3 is 5.97 Å². The van der Waals surface area contributed by atoms with Gasteiger partial charge in [0.05, 0.1) is 30.2 Å². The predicted octanol–water partition coefficient (Wildman–Crippen LogP) is 4.15. The normalized spacial score (nSPS) is 10.3. The Bertz CT molecular complexity index is 972. The minimum Gasteiger partial charge on any atom is -0.465 e. The van der Waals surface area contributed by atoms with Crippen molar-refractivity contribution in [2.75, 3.05) is 23.9 Å². The van der Waals surface area contributed by atoms with Crippen molar-refractivity contribution in [1.82, 2.24) is 4.98 Å². The van der Waals surface area contributed by atoms with Crippen LogP contribution in [0.25, 0.3) is 0 Å². The van der Waals surface area contributed by atoms with Gasteiger partial charge in [-0.3, -0.25) is 4.79 Å². The standard InChI is InChI=1S/C23H23N3O3/c1-3-26(16-17-9-5-4-6-10-17)18-13-14-21(24-15-18)22(27)25-20-12-8-7-11-19(20)23(28)29-2/h4-15H,3,16H2,1-2H3,(H,25,27). The Morgan fingerprint density at radius 1 is 1.00 bits per heavy atom. The van der Waals surface area contributed by atoms with Gasteiger partial charge in [-0.2, -0.15) is 0 Å². The number of hydrogen-bond donors (Lipinski definition) is 1. The summed E-state index contributed by atoms with van der Waals surface area (Å²) in [5, 5.41) is 2.73. The number of nitrogens with zero attached hydrogens (tertiary/aromatic N) is 2. The number of ether oxygens (including phenoxy) is 1. The minimum atomic E-state index is -0.510. The zero-order valence-corrected chi connectivity index (χ0v) is 16.5. The van der Waals surface area contributed by atoms with Gasteiger partial charge in [-0.25, -0.2) is 9.78 Å². The number of hydrogen-bond acceptors (Lipinski definition) is 5. The first-order chi connectivity index (χ1) is 14.1. The third kappa shape index (κ3) is 4.99. The molecule has 2 aromatic carbocycles. The molecule has 0 unspecified atom stereocenters. The van der Waals surface area contributed by atoms with Crippen LogP contribution in [0.2, 0.25) is 0 Å². The van der Waals surface area contributed by atoms with E-state index in [1.54, 1.807) is 36.5 Å². The van der Waals surface area contributed by atoms with E-state index >= 15 is 0 Å². The number of pyridine rings is 1. The number of methoxy groups -OCH3 is 1. The highest BCUT2D eigenvalue weighted by atomic mass is 16.5. The Hall–Kier alpha value is -3.67. The van der Waals surface area contributed by atoms with E-state index in [0.29, 0.717) is 11.3 Å². The van der Waals surface area contributed by atoms with E-state index in [9.17, 15) is 9.59 Å². The van der Waals surface area contributed by atoms with E-state index in [0.717, 1.165) is 18.8 Å². The molecule has 0 saturated carbocycles. The summed E-state index contributed by atoms with van der Waals surface area (Å²) in [7, 11) is 1.30. The number of amides is 1. The van der Waals surface area contributed by atoms with Gasteiger partial charge in [0.1, 0.15) is 5.69 Å². The molecule has 0 atom stereocenters. The molecule has 0 spiro atoms. The number of para-hydroxylation sites is 1. The summed E-state index contributed by atoms with van der Waals surface area (Å²) in [5.41, 5.74) is 3.08. The predicted molar refractivity (Wildman–Crippen MR) is 113 cm³/mol. The molecule has 0 aliphatic heterocycles. The van der Waals surface area contributed by atoms with E-state index in [-0.39, 0.29) is 11.6 Å². The van der Waals surface area contributed by atoms with Gasteiger partial charge in [0.15, 0.2) is 0 Å². The van der Waals surface area contributed by atoms with Gasteiger partial charge in [0.2, 0.25) is 0 Å². The van der Waals surface area contributed by atoms with Crippen LogP contribution in [-0.4, -0.2) is 30.5 Å². The van der Waals surface area contributed by atoms with Gasteiger partial charge in [-0.1, -0.05) is 42.5 Å². The fourth-order valence-electron chi connectivity index (χ4n) is 2.96. The van der Waals surface area contributed by atoms with Crippen molar-refractivity contribution in [2.45, 2.75) is 13.5 Å². The number of aromatic nitrogens is 1. The van der Waals surface area contributed by atoms with E-state index in [1.807, 2.05) is 24.3 Å². The third-order valence-corrected chi connectivity index (χ3v) is 4.52. The van der Waals surface area contributed by atoms with Crippen LogP contribution in [0, 0.1) is 0 Å². The van der Waals surface area contributed by atoms with Crippen molar-refractivity contribution in [1.29, 1.82) is 0 Å². The molecule has 1 N–H and O–H groups in total. The van der Waals surface area contributed by atoms with Crippen molar-refractivity contribution in [3.63, 3.8) is 0 Å². The number of benzene rings is 2. The minimum absolute atomic E-state index is 0.268. The number of carbonyl (C=O) groups is 2. The molecule has 1 heterocycles. The Balaban J connectivity index is 1.73. The monoisotopic (exact) mass is 389 g/mol. The summed E-state index contributed by atoms with van der Waals surface area (Å²) in [4.78, 5) is 30.9. The van der Waals surface area contributed by atoms with Crippen LogP contribution in [0.4, 0.5) is 11.4 Å². The fraction of sp³-hybridized carbons (Fsp3) is 0.174. The topological polar surface area (TPSA) is 71.5 Å². The lowest BCUT2D eigenvalue weighted by Crippen LogP contribution is -2.22. The van der Waals surface area contributed by atoms with Crippen LogP contribution < -0.4 is 10.2 Å². The lowest BCUT2D eigenvalue weighted by atomic mass is 10.1. The van der Waals surface area contributed by atoms with Crippen molar-refractivity contribution in [2.24, 2.45) is 0 Å². The summed E-state index contributed by atoms with van der Waals surface area (Å²) in [6.07, 6.45) is 1.69. The second-order valence-corrected chi connectivity index (χ2v) is 6.39. The SMILES string of the molecule is CCN(Cc1ccccc1)c1ccc(C(=O)Nc2ccccc2C(=O)OC)nc1. The lowest BCUT2D eigenvalue weighted by molar-refractivity contribution is 0.0602. The number of nitrogens with one attached hydrogen (secondary N) is 1. The first-order valence-corrected chi connectivity index (χ1v) is 9.36. The zero-order chi connectivity index (χ0) is 20.6. The van der Waals surface area contributed by atoms with Gasteiger partial charge < -0.3 is 15.0 Å². The zero-order valence-electron chi connectivity index (χ0n) is 16.5. The molecule has 1 aromatic heterocycles.